The zero-order chi connectivity index (χ0) is 14.8. The standard InChI is InChI=1S/C15H9BrN2O2S/c16-9-4-3-5-10(8-9)21-14-11-6-1-2-7-12(11)17-13(18-14)15(19)20/h1-8H,(H,19,20). The third-order valence-electron chi connectivity index (χ3n) is 2.77. The van der Waals surface area contributed by atoms with E-state index in [9.17, 15) is 4.79 Å². The molecule has 0 aliphatic heterocycles. The van der Waals surface area contributed by atoms with E-state index in [0.717, 1.165) is 14.8 Å². The molecule has 0 unspecified atom stereocenters. The van der Waals surface area contributed by atoms with Crippen molar-refractivity contribution in [3.05, 3.63) is 58.8 Å². The van der Waals surface area contributed by atoms with Gasteiger partial charge in [0.1, 0.15) is 5.03 Å². The normalized spacial score (nSPS) is 10.7. The van der Waals surface area contributed by atoms with Crippen LogP contribution in [-0.2, 0) is 0 Å². The lowest BCUT2D eigenvalue weighted by Gasteiger charge is -2.06. The average Bonchev–Trinajstić information content (AvgIpc) is 2.47. The van der Waals surface area contributed by atoms with Gasteiger partial charge in [0.25, 0.3) is 0 Å². The fourth-order valence-corrected chi connectivity index (χ4v) is 3.38. The molecule has 1 heterocycles. The minimum atomic E-state index is -1.13. The van der Waals surface area contributed by atoms with E-state index in [1.165, 1.54) is 11.8 Å². The average molecular weight is 361 g/mol. The second-order valence-corrected chi connectivity index (χ2v) is 6.21. The van der Waals surface area contributed by atoms with Gasteiger partial charge in [0.15, 0.2) is 0 Å². The molecule has 2 aromatic carbocycles. The summed E-state index contributed by atoms with van der Waals surface area (Å²) in [6, 6.07) is 15.2. The van der Waals surface area contributed by atoms with Crippen LogP contribution >= 0.6 is 27.7 Å². The van der Waals surface area contributed by atoms with Gasteiger partial charge < -0.3 is 5.11 Å². The van der Waals surface area contributed by atoms with Crippen molar-refractivity contribution in [2.75, 3.05) is 0 Å². The molecule has 0 spiro atoms. The first-order valence-corrected chi connectivity index (χ1v) is 7.68. The van der Waals surface area contributed by atoms with Crippen LogP contribution < -0.4 is 0 Å². The molecule has 1 aromatic heterocycles. The lowest BCUT2D eigenvalue weighted by molar-refractivity contribution is 0.0683. The van der Waals surface area contributed by atoms with Crippen molar-refractivity contribution < 1.29 is 9.90 Å². The van der Waals surface area contributed by atoms with E-state index in [2.05, 4.69) is 25.9 Å². The number of aromatic nitrogens is 2. The topological polar surface area (TPSA) is 63.1 Å². The summed E-state index contributed by atoms with van der Waals surface area (Å²) in [6.07, 6.45) is 0. The summed E-state index contributed by atoms with van der Waals surface area (Å²) in [4.78, 5) is 20.4. The Bertz CT molecular complexity index is 839. The molecule has 1 N–H and O–H groups in total. The zero-order valence-corrected chi connectivity index (χ0v) is 13.1. The molecular weight excluding hydrogens is 352 g/mol. The lowest BCUT2D eigenvalue weighted by Crippen LogP contribution is -2.05. The fraction of sp³-hybridized carbons (Fsp3) is 0. The molecular formula is C15H9BrN2O2S. The van der Waals surface area contributed by atoms with E-state index in [1.54, 1.807) is 6.07 Å². The molecule has 21 heavy (non-hydrogen) atoms. The van der Waals surface area contributed by atoms with Crippen LogP contribution in [0, 0.1) is 0 Å². The molecule has 4 nitrogen and oxygen atoms in total. The molecule has 0 atom stereocenters. The highest BCUT2D eigenvalue weighted by Gasteiger charge is 2.13. The highest BCUT2D eigenvalue weighted by molar-refractivity contribution is 9.10. The van der Waals surface area contributed by atoms with Crippen LogP contribution in [0.4, 0.5) is 0 Å². The Hall–Kier alpha value is -1.92. The molecule has 0 aliphatic carbocycles. The van der Waals surface area contributed by atoms with Crippen molar-refractivity contribution in [1.29, 1.82) is 0 Å². The maximum Gasteiger partial charge on any atom is 0.373 e. The first-order valence-electron chi connectivity index (χ1n) is 6.07. The number of nitrogens with zero attached hydrogens (tertiary/aromatic N) is 2. The van der Waals surface area contributed by atoms with Gasteiger partial charge in [-0.05, 0) is 24.3 Å². The van der Waals surface area contributed by atoms with Crippen molar-refractivity contribution in [2.24, 2.45) is 0 Å². The maximum absolute atomic E-state index is 11.2. The summed E-state index contributed by atoms with van der Waals surface area (Å²) in [6.45, 7) is 0. The van der Waals surface area contributed by atoms with E-state index >= 15 is 0 Å². The van der Waals surface area contributed by atoms with Crippen LogP contribution in [0.25, 0.3) is 10.9 Å². The number of benzene rings is 2. The Kier molecular flexibility index (Phi) is 3.90. The monoisotopic (exact) mass is 360 g/mol. The molecule has 0 radical (unpaired) electrons. The molecule has 3 aromatic rings. The number of halogens is 1. The van der Waals surface area contributed by atoms with E-state index < -0.39 is 5.97 Å². The quantitative estimate of drug-likeness (QED) is 0.707. The summed E-state index contributed by atoms with van der Waals surface area (Å²) >= 11 is 4.84. The van der Waals surface area contributed by atoms with Gasteiger partial charge in [0.05, 0.1) is 5.52 Å². The molecule has 0 amide bonds. The lowest BCUT2D eigenvalue weighted by atomic mass is 10.2. The van der Waals surface area contributed by atoms with Gasteiger partial charge in [0, 0.05) is 14.8 Å². The van der Waals surface area contributed by atoms with Gasteiger partial charge >= 0.3 is 5.97 Å². The number of para-hydroxylation sites is 1. The first kappa shape index (κ1) is 14.0. The van der Waals surface area contributed by atoms with E-state index in [4.69, 9.17) is 5.11 Å². The van der Waals surface area contributed by atoms with Gasteiger partial charge in [-0.15, -0.1) is 0 Å². The highest BCUT2D eigenvalue weighted by Crippen LogP contribution is 2.32. The molecule has 0 saturated heterocycles. The molecule has 104 valence electrons. The Morgan fingerprint density at radius 2 is 1.90 bits per heavy atom. The van der Waals surface area contributed by atoms with Gasteiger partial charge in [-0.2, -0.15) is 0 Å². The van der Waals surface area contributed by atoms with Crippen molar-refractivity contribution in [3.8, 4) is 0 Å². The summed E-state index contributed by atoms with van der Waals surface area (Å²) in [7, 11) is 0. The first-order chi connectivity index (χ1) is 10.1. The number of carboxylic acids is 1. The minimum absolute atomic E-state index is 0.189. The third kappa shape index (κ3) is 3.06. The van der Waals surface area contributed by atoms with Crippen molar-refractivity contribution in [1.82, 2.24) is 9.97 Å². The Labute approximate surface area is 133 Å². The number of hydrogen-bond acceptors (Lipinski definition) is 4. The number of hydrogen-bond donors (Lipinski definition) is 1. The van der Waals surface area contributed by atoms with Crippen molar-refractivity contribution in [3.63, 3.8) is 0 Å². The molecule has 0 bridgehead atoms. The summed E-state index contributed by atoms with van der Waals surface area (Å²) in [5.41, 5.74) is 0.627. The predicted molar refractivity (Wildman–Crippen MR) is 84.8 cm³/mol. The summed E-state index contributed by atoms with van der Waals surface area (Å²) in [5, 5.41) is 10.6. The smallest absolute Gasteiger partial charge is 0.373 e. The van der Waals surface area contributed by atoms with Crippen molar-refractivity contribution in [2.45, 2.75) is 9.92 Å². The van der Waals surface area contributed by atoms with Crippen molar-refractivity contribution >= 4 is 44.6 Å². The van der Waals surface area contributed by atoms with Gasteiger partial charge in [-0.1, -0.05) is 52.0 Å². The summed E-state index contributed by atoms with van der Waals surface area (Å²) < 4.78 is 0.962. The number of fused-ring (bicyclic) bond motifs is 1. The SMILES string of the molecule is O=C(O)c1nc(Sc2cccc(Br)c2)c2ccccc2n1. The molecule has 0 saturated carbocycles. The summed E-state index contributed by atoms with van der Waals surface area (Å²) in [5.74, 6) is -1.32. The van der Waals surface area contributed by atoms with Crippen LogP contribution in [-0.4, -0.2) is 21.0 Å². The number of carbonyl (C=O) groups is 1. The van der Waals surface area contributed by atoms with Crippen LogP contribution in [0.1, 0.15) is 10.6 Å². The minimum Gasteiger partial charge on any atom is -0.475 e. The maximum atomic E-state index is 11.2. The van der Waals surface area contributed by atoms with Gasteiger partial charge in [-0.25, -0.2) is 14.8 Å². The van der Waals surface area contributed by atoms with Gasteiger partial charge in [0.2, 0.25) is 5.82 Å². The molecule has 6 heteroatoms. The second kappa shape index (κ2) is 5.83. The highest BCUT2D eigenvalue weighted by atomic mass is 79.9. The van der Waals surface area contributed by atoms with E-state index in [1.807, 2.05) is 42.5 Å². The van der Waals surface area contributed by atoms with Crippen LogP contribution in [0.5, 0.6) is 0 Å². The van der Waals surface area contributed by atoms with Crippen LogP contribution in [0.2, 0.25) is 0 Å². The Balaban J connectivity index is 2.13. The largest absolute Gasteiger partial charge is 0.475 e. The predicted octanol–water partition coefficient (Wildman–Crippen LogP) is 4.24. The van der Waals surface area contributed by atoms with Crippen LogP contribution in [0.15, 0.2) is 62.9 Å². The van der Waals surface area contributed by atoms with Gasteiger partial charge in [-0.3, -0.25) is 0 Å². The molecule has 0 fully saturated rings. The van der Waals surface area contributed by atoms with E-state index in [-0.39, 0.29) is 5.82 Å². The Morgan fingerprint density at radius 1 is 1.10 bits per heavy atom. The number of rotatable bonds is 3. The van der Waals surface area contributed by atoms with E-state index in [0.29, 0.717) is 10.5 Å². The second-order valence-electron chi connectivity index (χ2n) is 4.23. The number of aromatic carboxylic acids is 1. The molecule has 3 rings (SSSR count). The zero-order valence-electron chi connectivity index (χ0n) is 10.7. The molecule has 0 aliphatic rings. The Morgan fingerprint density at radius 3 is 2.67 bits per heavy atom. The fourth-order valence-electron chi connectivity index (χ4n) is 1.86. The third-order valence-corrected chi connectivity index (χ3v) is 4.26. The number of carboxylic acid groups (broad SMARTS) is 1. The van der Waals surface area contributed by atoms with Crippen LogP contribution in [0.3, 0.4) is 0 Å².